The Bertz CT molecular complexity index is 289. The van der Waals surface area contributed by atoms with Gasteiger partial charge in [0.25, 0.3) is 0 Å². The van der Waals surface area contributed by atoms with Gasteiger partial charge >= 0.3 is 0 Å². The predicted molar refractivity (Wildman–Crippen MR) is 73.3 cm³/mol. The van der Waals surface area contributed by atoms with Gasteiger partial charge in [-0.15, -0.1) is 0 Å². The van der Waals surface area contributed by atoms with E-state index in [0.717, 1.165) is 32.4 Å². The normalized spacial score (nSPS) is 29.4. The van der Waals surface area contributed by atoms with Crippen LogP contribution >= 0.6 is 0 Å². The quantitative estimate of drug-likeness (QED) is 0.749. The van der Waals surface area contributed by atoms with Gasteiger partial charge in [-0.05, 0) is 52.7 Å². The lowest BCUT2D eigenvalue weighted by atomic mass is 9.86. The van der Waals surface area contributed by atoms with E-state index >= 15 is 0 Å². The summed E-state index contributed by atoms with van der Waals surface area (Å²) in [7, 11) is 5.79. The topological polar surface area (TPSA) is 48.3 Å². The average molecular weight is 253 g/mol. The van der Waals surface area contributed by atoms with Gasteiger partial charge in [0.05, 0.1) is 12.7 Å². The Balaban J connectivity index is 2.46. The van der Waals surface area contributed by atoms with E-state index in [2.05, 4.69) is 30.3 Å². The second-order valence-corrected chi connectivity index (χ2v) is 5.50. The fourth-order valence-corrected chi connectivity index (χ4v) is 2.95. The molecule has 1 saturated carbocycles. The summed E-state index contributed by atoms with van der Waals surface area (Å²) in [5.74, 6) is 0.477. The molecule has 1 aliphatic rings. The summed E-state index contributed by atoms with van der Waals surface area (Å²) < 4.78 is 5.17. The summed E-state index contributed by atoms with van der Waals surface area (Å²) in [5, 5.41) is 12.7. The molecule has 0 amide bonds. The molecule has 3 atom stereocenters. The highest BCUT2D eigenvalue weighted by atomic mass is 16.5. The van der Waals surface area contributed by atoms with E-state index in [1.54, 1.807) is 7.11 Å². The first-order valence-corrected chi connectivity index (χ1v) is 6.89. The third-order valence-electron chi connectivity index (χ3n) is 4.46. The molecule has 0 spiro atoms. The Hall–Kier alpha value is -0.630. The number of rotatable bonds is 7. The van der Waals surface area contributed by atoms with Crippen molar-refractivity contribution in [3.63, 3.8) is 0 Å². The molecular formula is C14H27N3O. The summed E-state index contributed by atoms with van der Waals surface area (Å²) in [4.78, 5) is 2.32. The Kier molecular flexibility index (Phi) is 6.07. The number of likely N-dealkylation sites (N-methyl/N-ethyl adjacent to an activating group) is 1. The van der Waals surface area contributed by atoms with Gasteiger partial charge in [-0.1, -0.05) is 6.42 Å². The van der Waals surface area contributed by atoms with Crippen LogP contribution in [0.15, 0.2) is 0 Å². The van der Waals surface area contributed by atoms with Crippen molar-refractivity contribution in [3.8, 4) is 6.07 Å². The lowest BCUT2D eigenvalue weighted by Gasteiger charge is -2.31. The molecule has 0 saturated heterocycles. The van der Waals surface area contributed by atoms with Gasteiger partial charge in [0.15, 0.2) is 0 Å². The van der Waals surface area contributed by atoms with Gasteiger partial charge in [-0.2, -0.15) is 5.26 Å². The fourth-order valence-electron chi connectivity index (χ4n) is 2.95. The largest absolute Gasteiger partial charge is 0.383 e. The van der Waals surface area contributed by atoms with Crippen LogP contribution in [-0.2, 0) is 4.74 Å². The zero-order valence-corrected chi connectivity index (χ0v) is 12.2. The van der Waals surface area contributed by atoms with Gasteiger partial charge < -0.3 is 15.0 Å². The number of methoxy groups -OCH3 is 1. The second-order valence-electron chi connectivity index (χ2n) is 5.50. The van der Waals surface area contributed by atoms with Gasteiger partial charge in [-0.3, -0.25) is 0 Å². The zero-order valence-electron chi connectivity index (χ0n) is 12.2. The number of hydrogen-bond donors (Lipinski definition) is 1. The molecule has 3 unspecified atom stereocenters. The monoisotopic (exact) mass is 253 g/mol. The minimum Gasteiger partial charge on any atom is -0.383 e. The molecule has 4 nitrogen and oxygen atoms in total. The van der Waals surface area contributed by atoms with Crippen LogP contribution in [0.25, 0.3) is 0 Å². The van der Waals surface area contributed by atoms with Crippen LogP contribution in [0.3, 0.4) is 0 Å². The van der Waals surface area contributed by atoms with Crippen molar-refractivity contribution in [2.45, 2.75) is 44.2 Å². The molecule has 1 N–H and O–H groups in total. The molecule has 104 valence electrons. The van der Waals surface area contributed by atoms with Crippen molar-refractivity contribution in [3.05, 3.63) is 0 Å². The first-order chi connectivity index (χ1) is 8.59. The third-order valence-corrected chi connectivity index (χ3v) is 4.46. The maximum Gasteiger partial charge on any atom is 0.109 e. The van der Waals surface area contributed by atoms with E-state index in [-0.39, 0.29) is 5.54 Å². The molecule has 0 bridgehead atoms. The lowest BCUT2D eigenvalue weighted by molar-refractivity contribution is 0.109. The van der Waals surface area contributed by atoms with Gasteiger partial charge in [0, 0.05) is 13.2 Å². The van der Waals surface area contributed by atoms with Crippen LogP contribution in [0.1, 0.15) is 32.6 Å². The standard InChI is InChI=1S/C14H27N3O/c1-12(10-18-4)17(3)9-7-13-6-5-8-14(13,11-15)16-2/h12-13,16H,5-10H2,1-4H3. The molecule has 0 aromatic rings. The average Bonchev–Trinajstić information content (AvgIpc) is 2.79. The van der Waals surface area contributed by atoms with E-state index < -0.39 is 0 Å². The summed E-state index contributed by atoms with van der Waals surface area (Å²) in [6, 6.07) is 2.93. The number of ether oxygens (including phenoxy) is 1. The van der Waals surface area contributed by atoms with Gasteiger partial charge in [-0.25, -0.2) is 0 Å². The summed E-state index contributed by atoms with van der Waals surface area (Å²) in [5.41, 5.74) is -0.286. The Morgan fingerprint density at radius 2 is 2.33 bits per heavy atom. The first-order valence-electron chi connectivity index (χ1n) is 6.89. The molecule has 0 aliphatic heterocycles. The van der Waals surface area contributed by atoms with Crippen LogP contribution in [0.5, 0.6) is 0 Å². The Morgan fingerprint density at radius 3 is 2.89 bits per heavy atom. The van der Waals surface area contributed by atoms with E-state index in [0.29, 0.717) is 12.0 Å². The van der Waals surface area contributed by atoms with Crippen LogP contribution < -0.4 is 5.32 Å². The zero-order chi connectivity index (χ0) is 13.6. The summed E-state index contributed by atoms with van der Waals surface area (Å²) >= 11 is 0. The fraction of sp³-hybridized carbons (Fsp3) is 0.929. The maximum atomic E-state index is 9.40. The summed E-state index contributed by atoms with van der Waals surface area (Å²) in [6.45, 7) is 3.96. The lowest BCUT2D eigenvalue weighted by Crippen LogP contribution is -2.46. The summed E-state index contributed by atoms with van der Waals surface area (Å²) in [6.07, 6.45) is 4.40. The Labute approximate surface area is 111 Å². The van der Waals surface area contributed by atoms with E-state index in [4.69, 9.17) is 4.74 Å². The van der Waals surface area contributed by atoms with E-state index in [1.165, 1.54) is 6.42 Å². The van der Waals surface area contributed by atoms with Crippen LogP contribution in [0.2, 0.25) is 0 Å². The Morgan fingerprint density at radius 1 is 1.61 bits per heavy atom. The van der Waals surface area contributed by atoms with Crippen molar-refractivity contribution >= 4 is 0 Å². The highest BCUT2D eigenvalue weighted by Gasteiger charge is 2.41. The number of nitrogens with one attached hydrogen (secondary N) is 1. The van der Waals surface area contributed by atoms with E-state index in [1.807, 2.05) is 7.05 Å². The molecule has 1 fully saturated rings. The molecule has 18 heavy (non-hydrogen) atoms. The first kappa shape index (κ1) is 15.4. The molecular weight excluding hydrogens is 226 g/mol. The van der Waals surface area contributed by atoms with Gasteiger partial charge in [0.1, 0.15) is 5.54 Å². The van der Waals surface area contributed by atoms with Crippen molar-refractivity contribution in [1.29, 1.82) is 5.26 Å². The highest BCUT2D eigenvalue weighted by molar-refractivity contribution is 5.13. The van der Waals surface area contributed by atoms with Gasteiger partial charge in [0.2, 0.25) is 0 Å². The number of hydrogen-bond acceptors (Lipinski definition) is 4. The molecule has 0 aromatic carbocycles. The predicted octanol–water partition coefficient (Wildman–Crippen LogP) is 1.63. The highest BCUT2D eigenvalue weighted by Crippen LogP contribution is 2.37. The molecule has 0 aromatic heterocycles. The van der Waals surface area contributed by atoms with E-state index in [9.17, 15) is 5.26 Å². The molecule has 0 radical (unpaired) electrons. The van der Waals surface area contributed by atoms with Crippen molar-refractivity contribution < 1.29 is 4.74 Å². The van der Waals surface area contributed by atoms with Crippen LogP contribution in [-0.4, -0.2) is 50.8 Å². The molecule has 4 heteroatoms. The van der Waals surface area contributed by atoms with Crippen LogP contribution in [0, 0.1) is 17.2 Å². The maximum absolute atomic E-state index is 9.40. The molecule has 1 rings (SSSR count). The van der Waals surface area contributed by atoms with Crippen molar-refractivity contribution in [2.24, 2.45) is 5.92 Å². The SMILES string of the molecule is CNC1(C#N)CCCC1CCN(C)C(C)COC. The molecule has 1 aliphatic carbocycles. The molecule has 0 heterocycles. The third kappa shape index (κ3) is 3.44. The van der Waals surface area contributed by atoms with Crippen molar-refractivity contribution in [1.82, 2.24) is 10.2 Å². The smallest absolute Gasteiger partial charge is 0.109 e. The number of nitrogens with zero attached hydrogens (tertiary/aromatic N) is 2. The van der Waals surface area contributed by atoms with Crippen LogP contribution in [0.4, 0.5) is 0 Å². The van der Waals surface area contributed by atoms with Crippen molar-refractivity contribution in [2.75, 3.05) is 34.4 Å². The number of nitriles is 1. The second kappa shape index (κ2) is 7.08. The minimum atomic E-state index is -0.286. The minimum absolute atomic E-state index is 0.286.